The zero-order chi connectivity index (χ0) is 18.4. The Morgan fingerprint density at radius 2 is 2.08 bits per heavy atom. The number of nitrogens with zero attached hydrogens (tertiary/aromatic N) is 4. The molecule has 26 heavy (non-hydrogen) atoms. The van der Waals surface area contributed by atoms with Gasteiger partial charge in [-0.2, -0.15) is 0 Å². The summed E-state index contributed by atoms with van der Waals surface area (Å²) in [5.41, 5.74) is 1.17. The number of rotatable bonds is 7. The smallest absolute Gasteiger partial charge is 0.353 e. The van der Waals surface area contributed by atoms with Crippen LogP contribution in [0.5, 0.6) is 0 Å². The summed E-state index contributed by atoms with van der Waals surface area (Å²) in [5, 5.41) is 14.9. The zero-order valence-electron chi connectivity index (χ0n) is 15.1. The van der Waals surface area contributed by atoms with Gasteiger partial charge >= 0.3 is 5.69 Å². The van der Waals surface area contributed by atoms with Gasteiger partial charge in [0.25, 0.3) is 0 Å². The van der Waals surface area contributed by atoms with E-state index in [1.807, 2.05) is 30.3 Å². The molecular formula is C19H25N5O2. The normalized spacial score (nSPS) is 17.1. The Morgan fingerprint density at radius 1 is 1.27 bits per heavy atom. The summed E-state index contributed by atoms with van der Waals surface area (Å²) < 4.78 is 0. The van der Waals surface area contributed by atoms with Crippen LogP contribution >= 0.6 is 0 Å². The molecule has 0 spiro atoms. The highest BCUT2D eigenvalue weighted by Gasteiger charge is 2.31. The van der Waals surface area contributed by atoms with Crippen molar-refractivity contribution in [2.45, 2.75) is 45.1 Å². The number of hydrogen-bond acceptors (Lipinski definition) is 6. The van der Waals surface area contributed by atoms with Crippen molar-refractivity contribution in [3.8, 4) is 0 Å². The number of piperidine rings is 1. The van der Waals surface area contributed by atoms with E-state index in [0.717, 1.165) is 38.6 Å². The van der Waals surface area contributed by atoms with E-state index < -0.39 is 0 Å². The van der Waals surface area contributed by atoms with Crippen LogP contribution < -0.4 is 10.2 Å². The maximum Gasteiger partial charge on any atom is 0.353 e. The highest BCUT2D eigenvalue weighted by atomic mass is 16.6. The lowest BCUT2D eigenvalue weighted by molar-refractivity contribution is -0.383. The summed E-state index contributed by atoms with van der Waals surface area (Å²) >= 11 is 0. The molecule has 0 saturated carbocycles. The van der Waals surface area contributed by atoms with Crippen LogP contribution in [-0.4, -0.2) is 34.0 Å². The molecule has 138 valence electrons. The maximum atomic E-state index is 11.8. The average molecular weight is 355 g/mol. The lowest BCUT2D eigenvalue weighted by Gasteiger charge is -2.35. The van der Waals surface area contributed by atoms with Gasteiger partial charge in [-0.15, -0.1) is 0 Å². The van der Waals surface area contributed by atoms with Crippen LogP contribution in [0.2, 0.25) is 0 Å². The molecule has 7 heteroatoms. The van der Waals surface area contributed by atoms with Gasteiger partial charge in [-0.25, -0.2) is 9.97 Å². The monoisotopic (exact) mass is 355 g/mol. The summed E-state index contributed by atoms with van der Waals surface area (Å²) in [6.45, 7) is 3.51. The lowest BCUT2D eigenvalue weighted by atomic mass is 10.00. The molecule has 1 aliphatic rings. The number of anilines is 2. The maximum absolute atomic E-state index is 11.8. The lowest BCUT2D eigenvalue weighted by Crippen LogP contribution is -2.40. The van der Waals surface area contributed by atoms with Crippen molar-refractivity contribution in [2.75, 3.05) is 23.3 Å². The standard InChI is InChI=1S/C19H25N5O2/c1-2-16-10-6-7-13-23(16)19-17(24(25)26)18(21-14-22-19)20-12-11-15-8-4-3-5-9-15/h3-5,8-9,14,16H,2,6-7,10-13H2,1H3,(H,20,21,22). The molecule has 1 aliphatic heterocycles. The van der Waals surface area contributed by atoms with Crippen LogP contribution in [-0.2, 0) is 6.42 Å². The summed E-state index contributed by atoms with van der Waals surface area (Å²) in [4.78, 5) is 21.9. The molecule has 7 nitrogen and oxygen atoms in total. The first kappa shape index (κ1) is 18.1. The molecule has 0 radical (unpaired) electrons. The fraction of sp³-hybridized carbons (Fsp3) is 0.474. The molecule has 1 saturated heterocycles. The van der Waals surface area contributed by atoms with Gasteiger partial charge in [0, 0.05) is 19.1 Å². The van der Waals surface area contributed by atoms with Crippen molar-refractivity contribution >= 4 is 17.3 Å². The third kappa shape index (κ3) is 4.09. The first-order valence-corrected chi connectivity index (χ1v) is 9.24. The van der Waals surface area contributed by atoms with E-state index in [1.165, 1.54) is 11.9 Å². The summed E-state index contributed by atoms with van der Waals surface area (Å²) in [6.07, 6.45) is 6.41. The van der Waals surface area contributed by atoms with Crippen LogP contribution in [0.15, 0.2) is 36.7 Å². The van der Waals surface area contributed by atoms with Crippen LogP contribution in [0.25, 0.3) is 0 Å². The molecule has 0 aliphatic carbocycles. The topological polar surface area (TPSA) is 84.2 Å². The first-order chi connectivity index (χ1) is 12.7. The SMILES string of the molecule is CCC1CCCCN1c1ncnc(NCCc2ccccc2)c1[N+](=O)[O-]. The van der Waals surface area contributed by atoms with Crippen molar-refractivity contribution < 1.29 is 4.92 Å². The summed E-state index contributed by atoms with van der Waals surface area (Å²) in [6, 6.07) is 10.3. The zero-order valence-corrected chi connectivity index (χ0v) is 15.1. The number of aromatic nitrogens is 2. The molecule has 3 rings (SSSR count). The molecule has 0 amide bonds. The van der Waals surface area contributed by atoms with Gasteiger partial charge < -0.3 is 10.2 Å². The Morgan fingerprint density at radius 3 is 2.81 bits per heavy atom. The molecule has 0 bridgehead atoms. The van der Waals surface area contributed by atoms with E-state index in [0.29, 0.717) is 24.2 Å². The van der Waals surface area contributed by atoms with Gasteiger partial charge in [0.1, 0.15) is 6.33 Å². The van der Waals surface area contributed by atoms with E-state index in [-0.39, 0.29) is 10.6 Å². The van der Waals surface area contributed by atoms with E-state index in [1.54, 1.807) is 0 Å². The molecule has 1 unspecified atom stereocenters. The second-order valence-electron chi connectivity index (χ2n) is 6.57. The van der Waals surface area contributed by atoms with Gasteiger partial charge in [-0.3, -0.25) is 10.1 Å². The van der Waals surface area contributed by atoms with Gasteiger partial charge in [0.05, 0.1) is 4.92 Å². The second kappa shape index (κ2) is 8.60. The summed E-state index contributed by atoms with van der Waals surface area (Å²) in [5.74, 6) is 0.745. The Kier molecular flexibility index (Phi) is 5.99. The average Bonchev–Trinajstić information content (AvgIpc) is 2.68. The highest BCUT2D eigenvalue weighted by Crippen LogP contribution is 2.35. The second-order valence-corrected chi connectivity index (χ2v) is 6.57. The van der Waals surface area contributed by atoms with Crippen LogP contribution in [0, 0.1) is 10.1 Å². The Labute approximate surface area is 153 Å². The number of nitro groups is 1. The van der Waals surface area contributed by atoms with Gasteiger partial charge in [0.2, 0.25) is 11.6 Å². The minimum atomic E-state index is -0.360. The quantitative estimate of drug-likeness (QED) is 0.600. The largest absolute Gasteiger partial charge is 0.364 e. The molecule has 1 aromatic heterocycles. The van der Waals surface area contributed by atoms with E-state index >= 15 is 0 Å². The number of benzene rings is 1. The van der Waals surface area contributed by atoms with Crippen LogP contribution in [0.1, 0.15) is 38.2 Å². The van der Waals surface area contributed by atoms with Gasteiger partial charge in [0.15, 0.2) is 0 Å². The molecule has 1 atom stereocenters. The minimum Gasteiger partial charge on any atom is -0.364 e. The van der Waals surface area contributed by atoms with Gasteiger partial charge in [-0.1, -0.05) is 37.3 Å². The van der Waals surface area contributed by atoms with Crippen molar-refractivity contribution in [3.05, 3.63) is 52.3 Å². The predicted octanol–water partition coefficient (Wildman–Crippen LogP) is 3.81. The van der Waals surface area contributed by atoms with Crippen molar-refractivity contribution in [1.29, 1.82) is 0 Å². The fourth-order valence-corrected chi connectivity index (χ4v) is 3.55. The van der Waals surface area contributed by atoms with E-state index in [4.69, 9.17) is 0 Å². The van der Waals surface area contributed by atoms with Crippen LogP contribution in [0.3, 0.4) is 0 Å². The molecule has 2 heterocycles. The Hall–Kier alpha value is -2.70. The molecule has 1 fully saturated rings. The summed E-state index contributed by atoms with van der Waals surface area (Å²) in [7, 11) is 0. The third-order valence-corrected chi connectivity index (χ3v) is 4.90. The van der Waals surface area contributed by atoms with E-state index in [9.17, 15) is 10.1 Å². The Balaban J connectivity index is 1.80. The predicted molar refractivity (Wildman–Crippen MR) is 103 cm³/mol. The van der Waals surface area contributed by atoms with Crippen LogP contribution in [0.4, 0.5) is 17.3 Å². The van der Waals surface area contributed by atoms with E-state index in [2.05, 4.69) is 27.1 Å². The molecular weight excluding hydrogens is 330 g/mol. The van der Waals surface area contributed by atoms with Crippen molar-refractivity contribution in [2.24, 2.45) is 0 Å². The molecule has 2 aromatic rings. The van der Waals surface area contributed by atoms with Crippen molar-refractivity contribution in [1.82, 2.24) is 9.97 Å². The van der Waals surface area contributed by atoms with Gasteiger partial charge in [-0.05, 0) is 37.7 Å². The number of hydrogen-bond donors (Lipinski definition) is 1. The molecule has 1 N–H and O–H groups in total. The third-order valence-electron chi connectivity index (χ3n) is 4.90. The fourth-order valence-electron chi connectivity index (χ4n) is 3.55. The Bertz CT molecular complexity index is 738. The molecule has 1 aromatic carbocycles. The first-order valence-electron chi connectivity index (χ1n) is 9.24. The number of nitrogens with one attached hydrogen (secondary N) is 1. The van der Waals surface area contributed by atoms with Crippen molar-refractivity contribution in [3.63, 3.8) is 0 Å². The minimum absolute atomic E-state index is 0.0130. The highest BCUT2D eigenvalue weighted by molar-refractivity contribution is 5.70.